The predicted octanol–water partition coefficient (Wildman–Crippen LogP) is 3.36. The first-order valence-corrected chi connectivity index (χ1v) is 8.58. The van der Waals surface area contributed by atoms with Crippen LogP contribution in [0, 0.1) is 13.8 Å². The Labute approximate surface area is 153 Å². The minimum absolute atomic E-state index is 0.0142. The van der Waals surface area contributed by atoms with Crippen LogP contribution >= 0.6 is 0 Å². The van der Waals surface area contributed by atoms with Crippen LogP contribution in [0.15, 0.2) is 54.6 Å². The summed E-state index contributed by atoms with van der Waals surface area (Å²) in [5, 5.41) is 7.57. The summed E-state index contributed by atoms with van der Waals surface area (Å²) in [5.41, 5.74) is 4.88. The van der Waals surface area contributed by atoms with E-state index in [1.54, 1.807) is 7.11 Å². The molecule has 0 spiro atoms. The molecule has 0 aliphatic carbocycles. The highest BCUT2D eigenvalue weighted by Gasteiger charge is 2.15. The number of ether oxygens (including phenoxy) is 1. The average Bonchev–Trinajstić information content (AvgIpc) is 2.95. The van der Waals surface area contributed by atoms with Crippen molar-refractivity contribution in [2.45, 2.75) is 26.8 Å². The summed E-state index contributed by atoms with van der Waals surface area (Å²) in [4.78, 5) is 12.4. The number of benzene rings is 2. The molecule has 0 aliphatic rings. The summed E-state index contributed by atoms with van der Waals surface area (Å²) in [6.07, 6.45) is 0.320. The van der Waals surface area contributed by atoms with Crippen LogP contribution in [-0.2, 0) is 17.8 Å². The van der Waals surface area contributed by atoms with Crippen molar-refractivity contribution in [2.75, 3.05) is 7.11 Å². The molecule has 3 aromatic rings. The molecular weight excluding hydrogens is 326 g/mol. The number of carbonyl (C=O) groups excluding carboxylic acids is 1. The van der Waals surface area contributed by atoms with Crippen LogP contribution in [0.1, 0.15) is 22.5 Å². The van der Waals surface area contributed by atoms with Crippen LogP contribution in [-0.4, -0.2) is 22.8 Å². The minimum Gasteiger partial charge on any atom is -0.497 e. The highest BCUT2D eigenvalue weighted by molar-refractivity contribution is 5.79. The van der Waals surface area contributed by atoms with E-state index in [4.69, 9.17) is 4.74 Å². The molecule has 5 heteroatoms. The topological polar surface area (TPSA) is 56.1 Å². The summed E-state index contributed by atoms with van der Waals surface area (Å²) in [6, 6.07) is 17.6. The lowest BCUT2D eigenvalue weighted by Gasteiger charge is -2.07. The Morgan fingerprint density at radius 1 is 1.08 bits per heavy atom. The number of rotatable bonds is 6. The van der Waals surface area contributed by atoms with Gasteiger partial charge in [0, 0.05) is 17.8 Å². The molecule has 0 fully saturated rings. The van der Waals surface area contributed by atoms with Crippen LogP contribution in [0.5, 0.6) is 5.75 Å². The summed E-state index contributed by atoms with van der Waals surface area (Å²) in [5.74, 6) is 0.791. The Morgan fingerprint density at radius 3 is 2.42 bits per heavy atom. The van der Waals surface area contributed by atoms with Crippen molar-refractivity contribution in [1.82, 2.24) is 15.1 Å². The molecule has 1 aromatic heterocycles. The normalized spacial score (nSPS) is 10.6. The lowest BCUT2D eigenvalue weighted by atomic mass is 10.1. The van der Waals surface area contributed by atoms with Gasteiger partial charge in [-0.15, -0.1) is 0 Å². The molecule has 0 aliphatic heterocycles. The third-order valence-electron chi connectivity index (χ3n) is 4.43. The van der Waals surface area contributed by atoms with Crippen molar-refractivity contribution < 1.29 is 9.53 Å². The fourth-order valence-corrected chi connectivity index (χ4v) is 2.92. The van der Waals surface area contributed by atoms with Gasteiger partial charge in [-0.25, -0.2) is 4.68 Å². The molecule has 26 heavy (non-hydrogen) atoms. The third-order valence-corrected chi connectivity index (χ3v) is 4.43. The van der Waals surface area contributed by atoms with Crippen molar-refractivity contribution in [1.29, 1.82) is 0 Å². The molecule has 5 nitrogen and oxygen atoms in total. The average molecular weight is 349 g/mol. The molecule has 134 valence electrons. The Bertz CT molecular complexity index is 884. The van der Waals surface area contributed by atoms with Gasteiger partial charge in [-0.05, 0) is 43.7 Å². The van der Waals surface area contributed by atoms with Crippen molar-refractivity contribution in [2.24, 2.45) is 0 Å². The fraction of sp³-hybridized carbons (Fsp3) is 0.238. The van der Waals surface area contributed by atoms with Gasteiger partial charge in [0.25, 0.3) is 0 Å². The number of aryl methyl sites for hydroxylation is 1. The van der Waals surface area contributed by atoms with Crippen LogP contribution in [0.25, 0.3) is 5.69 Å². The summed E-state index contributed by atoms with van der Waals surface area (Å²) < 4.78 is 7.03. The number of nitrogens with one attached hydrogen (secondary N) is 1. The number of hydrogen-bond acceptors (Lipinski definition) is 3. The molecule has 0 saturated carbocycles. The summed E-state index contributed by atoms with van der Waals surface area (Å²) >= 11 is 0. The van der Waals surface area contributed by atoms with E-state index < -0.39 is 0 Å². The number of amides is 1. The second-order valence-corrected chi connectivity index (χ2v) is 6.20. The van der Waals surface area contributed by atoms with E-state index in [0.29, 0.717) is 13.0 Å². The lowest BCUT2D eigenvalue weighted by molar-refractivity contribution is -0.120. The molecule has 3 rings (SSSR count). The second kappa shape index (κ2) is 7.87. The Morgan fingerprint density at radius 2 is 1.77 bits per heavy atom. The first kappa shape index (κ1) is 17.7. The van der Waals surface area contributed by atoms with Crippen molar-refractivity contribution >= 4 is 5.91 Å². The smallest absolute Gasteiger partial charge is 0.224 e. The van der Waals surface area contributed by atoms with E-state index in [1.807, 2.05) is 73.1 Å². The second-order valence-electron chi connectivity index (χ2n) is 6.20. The summed E-state index contributed by atoms with van der Waals surface area (Å²) in [7, 11) is 1.64. The molecule has 0 unspecified atom stereocenters. The van der Waals surface area contributed by atoms with Gasteiger partial charge < -0.3 is 10.1 Å². The van der Waals surface area contributed by atoms with Crippen LogP contribution in [0.4, 0.5) is 0 Å². The van der Waals surface area contributed by atoms with Crippen molar-refractivity contribution in [3.05, 3.63) is 77.1 Å². The molecule has 0 bridgehead atoms. The monoisotopic (exact) mass is 349 g/mol. The number of para-hydroxylation sites is 1. The molecule has 0 saturated heterocycles. The Kier molecular flexibility index (Phi) is 5.37. The highest BCUT2D eigenvalue weighted by Crippen LogP contribution is 2.18. The fourth-order valence-electron chi connectivity index (χ4n) is 2.92. The molecule has 1 N–H and O–H groups in total. The predicted molar refractivity (Wildman–Crippen MR) is 102 cm³/mol. The zero-order chi connectivity index (χ0) is 18.5. The zero-order valence-electron chi connectivity index (χ0n) is 15.3. The molecule has 2 aromatic carbocycles. The minimum atomic E-state index is -0.0142. The maximum atomic E-state index is 12.4. The van der Waals surface area contributed by atoms with Crippen LogP contribution in [0.2, 0.25) is 0 Å². The number of methoxy groups -OCH3 is 1. The maximum Gasteiger partial charge on any atom is 0.224 e. The van der Waals surface area contributed by atoms with E-state index >= 15 is 0 Å². The molecule has 1 heterocycles. The van der Waals surface area contributed by atoms with Gasteiger partial charge in [-0.3, -0.25) is 4.79 Å². The zero-order valence-corrected chi connectivity index (χ0v) is 15.3. The van der Waals surface area contributed by atoms with Crippen LogP contribution in [0.3, 0.4) is 0 Å². The van der Waals surface area contributed by atoms with Crippen molar-refractivity contribution in [3.8, 4) is 11.4 Å². The van der Waals surface area contributed by atoms with Gasteiger partial charge in [0.1, 0.15) is 5.75 Å². The van der Waals surface area contributed by atoms with E-state index in [-0.39, 0.29) is 5.91 Å². The lowest BCUT2D eigenvalue weighted by Crippen LogP contribution is -2.25. The summed E-state index contributed by atoms with van der Waals surface area (Å²) in [6.45, 7) is 4.44. The molecule has 0 atom stereocenters. The van der Waals surface area contributed by atoms with E-state index in [2.05, 4.69) is 10.4 Å². The number of nitrogens with zero attached hydrogens (tertiary/aromatic N) is 2. The number of hydrogen-bond donors (Lipinski definition) is 1. The van der Waals surface area contributed by atoms with Crippen molar-refractivity contribution in [3.63, 3.8) is 0 Å². The SMILES string of the molecule is COc1ccc(CNC(=O)Cc2c(C)nn(-c3ccccc3)c2C)cc1. The molecule has 0 radical (unpaired) electrons. The third kappa shape index (κ3) is 3.94. The highest BCUT2D eigenvalue weighted by atomic mass is 16.5. The molecular formula is C21H23N3O2. The van der Waals surface area contributed by atoms with Crippen LogP contribution < -0.4 is 10.1 Å². The maximum absolute atomic E-state index is 12.4. The number of aromatic nitrogens is 2. The van der Waals surface area contributed by atoms with Gasteiger partial charge in [0.15, 0.2) is 0 Å². The van der Waals surface area contributed by atoms with E-state index in [9.17, 15) is 4.79 Å². The number of carbonyl (C=O) groups is 1. The first-order chi connectivity index (χ1) is 12.6. The standard InChI is InChI=1S/C21H23N3O2/c1-15-20(16(2)24(23-15)18-7-5-4-6-8-18)13-21(25)22-14-17-9-11-19(26-3)12-10-17/h4-12H,13-14H2,1-3H3,(H,22,25). The quantitative estimate of drug-likeness (QED) is 0.742. The first-order valence-electron chi connectivity index (χ1n) is 8.58. The van der Waals surface area contributed by atoms with Gasteiger partial charge >= 0.3 is 0 Å². The Balaban J connectivity index is 1.66. The Hall–Kier alpha value is -3.08. The van der Waals surface area contributed by atoms with Gasteiger partial charge in [-0.1, -0.05) is 30.3 Å². The van der Waals surface area contributed by atoms with Gasteiger partial charge in [0.2, 0.25) is 5.91 Å². The van der Waals surface area contributed by atoms with E-state index in [1.165, 1.54) is 0 Å². The largest absolute Gasteiger partial charge is 0.497 e. The van der Waals surface area contributed by atoms with Gasteiger partial charge in [-0.2, -0.15) is 5.10 Å². The molecule has 1 amide bonds. The van der Waals surface area contributed by atoms with E-state index in [0.717, 1.165) is 34.0 Å². The van der Waals surface area contributed by atoms with Gasteiger partial charge in [0.05, 0.1) is 24.9 Å².